The van der Waals surface area contributed by atoms with Crippen molar-refractivity contribution in [3.05, 3.63) is 58.7 Å². The molecule has 0 fully saturated rings. The van der Waals surface area contributed by atoms with E-state index in [0.29, 0.717) is 19.4 Å². The molecule has 0 unspecified atom stereocenters. The van der Waals surface area contributed by atoms with Gasteiger partial charge < -0.3 is 20.8 Å². The van der Waals surface area contributed by atoms with E-state index in [9.17, 15) is 18.4 Å². The Balaban J connectivity index is 1.64. The average Bonchev–Trinajstić information content (AvgIpc) is 3.38. The third-order valence-corrected chi connectivity index (χ3v) is 5.08. The second-order valence-electron chi connectivity index (χ2n) is 6.44. The lowest BCUT2D eigenvalue weighted by atomic mass is 10.1. The molecule has 0 aliphatic heterocycles. The van der Waals surface area contributed by atoms with Gasteiger partial charge in [-0.15, -0.1) is 0 Å². The molecule has 3 aromatic rings. The predicted molar refractivity (Wildman–Crippen MR) is 110 cm³/mol. The Labute approximate surface area is 180 Å². The van der Waals surface area contributed by atoms with Crippen molar-refractivity contribution < 1.29 is 23.1 Å². The van der Waals surface area contributed by atoms with Gasteiger partial charge in [0, 0.05) is 30.4 Å². The lowest BCUT2D eigenvalue weighted by Gasteiger charge is -2.09. The summed E-state index contributed by atoms with van der Waals surface area (Å²) in [7, 11) is 0. The highest BCUT2D eigenvalue weighted by atomic mass is 32.1. The first-order chi connectivity index (χ1) is 14.9. The summed E-state index contributed by atoms with van der Waals surface area (Å²) in [5.74, 6) is -2.25. The van der Waals surface area contributed by atoms with Gasteiger partial charge >= 0.3 is 6.03 Å². The molecule has 3 rings (SSSR count). The zero-order valence-electron chi connectivity index (χ0n) is 16.5. The number of benzene rings is 1. The molecule has 2 heterocycles. The van der Waals surface area contributed by atoms with Gasteiger partial charge in [-0.2, -0.15) is 4.37 Å². The molecular weight excluding hydrogens is 430 g/mol. The molecule has 0 saturated heterocycles. The van der Waals surface area contributed by atoms with Crippen LogP contribution >= 0.6 is 11.5 Å². The van der Waals surface area contributed by atoms with Crippen molar-refractivity contribution in [1.29, 1.82) is 0 Å². The van der Waals surface area contributed by atoms with Crippen molar-refractivity contribution in [2.75, 3.05) is 11.9 Å². The SMILES string of the molecule is CCc1cc(F)c(COc2nsc(NC(=O)NCCc3cnc[nH]3)c2C(N)=O)cc1F. The minimum atomic E-state index is -0.885. The molecule has 2 aromatic heterocycles. The van der Waals surface area contributed by atoms with E-state index in [1.54, 1.807) is 13.1 Å². The zero-order chi connectivity index (χ0) is 22.4. The van der Waals surface area contributed by atoms with E-state index in [2.05, 4.69) is 25.0 Å². The number of imidazole rings is 1. The van der Waals surface area contributed by atoms with E-state index in [0.717, 1.165) is 29.4 Å². The first-order valence-corrected chi connectivity index (χ1v) is 10.1. The normalized spacial score (nSPS) is 10.7. The molecule has 0 radical (unpaired) electrons. The summed E-state index contributed by atoms with van der Waals surface area (Å²) >= 11 is 0.781. The van der Waals surface area contributed by atoms with Crippen LogP contribution in [0.1, 0.15) is 34.1 Å². The van der Waals surface area contributed by atoms with Crippen LogP contribution in [-0.4, -0.2) is 32.8 Å². The molecule has 5 N–H and O–H groups in total. The summed E-state index contributed by atoms with van der Waals surface area (Å²) in [6.07, 6.45) is 4.06. The van der Waals surface area contributed by atoms with Gasteiger partial charge in [0.25, 0.3) is 5.91 Å². The maximum atomic E-state index is 14.1. The molecule has 0 aliphatic carbocycles. The number of aromatic nitrogens is 3. The molecule has 0 atom stereocenters. The molecule has 0 bridgehead atoms. The van der Waals surface area contributed by atoms with Crippen molar-refractivity contribution in [2.24, 2.45) is 5.73 Å². The number of anilines is 1. The summed E-state index contributed by atoms with van der Waals surface area (Å²) in [6, 6.07) is 1.57. The van der Waals surface area contributed by atoms with Gasteiger partial charge in [0.2, 0.25) is 5.88 Å². The van der Waals surface area contributed by atoms with Gasteiger partial charge in [0.05, 0.1) is 6.33 Å². The van der Waals surface area contributed by atoms with Crippen LogP contribution in [-0.2, 0) is 19.4 Å². The van der Waals surface area contributed by atoms with Crippen molar-refractivity contribution in [3.8, 4) is 5.88 Å². The Bertz CT molecular complexity index is 1070. The number of ether oxygens (including phenoxy) is 1. The molecule has 3 amide bonds. The summed E-state index contributed by atoms with van der Waals surface area (Å²) in [5, 5.41) is 5.19. The quantitative estimate of drug-likeness (QED) is 0.398. The molecule has 0 saturated carbocycles. The van der Waals surface area contributed by atoms with Crippen LogP contribution in [0.2, 0.25) is 0 Å². The Hall–Kier alpha value is -3.54. The van der Waals surface area contributed by atoms with Crippen molar-refractivity contribution >= 4 is 28.5 Å². The Morgan fingerprint density at radius 3 is 2.68 bits per heavy atom. The fourth-order valence-electron chi connectivity index (χ4n) is 2.71. The summed E-state index contributed by atoms with van der Waals surface area (Å²) in [4.78, 5) is 30.7. The first kappa shape index (κ1) is 22.2. The standard InChI is InChI=1S/C19H20F2N6O3S/c1-2-10-5-14(21)11(6-13(10)20)8-30-17-15(16(22)28)18(31-27-17)26-19(29)24-4-3-12-7-23-9-25-12/h5-7,9H,2-4,8H2,1H3,(H2,22,28)(H,23,25)(H2,24,26,29). The second-order valence-corrected chi connectivity index (χ2v) is 7.21. The summed E-state index contributed by atoms with van der Waals surface area (Å²) in [6.45, 7) is 1.66. The molecule has 0 aliphatic rings. The number of nitrogens with zero attached hydrogens (tertiary/aromatic N) is 2. The number of rotatable bonds is 9. The van der Waals surface area contributed by atoms with Crippen LogP contribution in [0.5, 0.6) is 5.88 Å². The van der Waals surface area contributed by atoms with E-state index in [-0.39, 0.29) is 34.2 Å². The smallest absolute Gasteiger partial charge is 0.319 e. The summed E-state index contributed by atoms with van der Waals surface area (Å²) in [5.41, 5.74) is 6.30. The van der Waals surface area contributed by atoms with Crippen LogP contribution in [0.4, 0.5) is 18.6 Å². The number of hydrogen-bond acceptors (Lipinski definition) is 6. The number of nitrogens with one attached hydrogen (secondary N) is 3. The summed E-state index contributed by atoms with van der Waals surface area (Å²) < 4.78 is 37.4. The minimum Gasteiger partial charge on any atom is -0.471 e. The third kappa shape index (κ3) is 5.54. The van der Waals surface area contributed by atoms with E-state index >= 15 is 0 Å². The fraction of sp³-hybridized carbons (Fsp3) is 0.263. The zero-order valence-corrected chi connectivity index (χ0v) is 17.3. The molecule has 0 spiro atoms. The van der Waals surface area contributed by atoms with Gasteiger partial charge in [-0.1, -0.05) is 6.92 Å². The van der Waals surface area contributed by atoms with E-state index in [1.165, 1.54) is 6.33 Å². The molecule has 12 heteroatoms. The van der Waals surface area contributed by atoms with Gasteiger partial charge in [0.15, 0.2) is 0 Å². The predicted octanol–water partition coefficient (Wildman–Crippen LogP) is 2.75. The van der Waals surface area contributed by atoms with Gasteiger partial charge in [-0.05, 0) is 35.6 Å². The number of urea groups is 1. The average molecular weight is 450 g/mol. The van der Waals surface area contributed by atoms with Crippen LogP contribution < -0.4 is 21.1 Å². The number of aromatic amines is 1. The first-order valence-electron chi connectivity index (χ1n) is 9.30. The lowest BCUT2D eigenvalue weighted by molar-refractivity contribution is 0.0996. The van der Waals surface area contributed by atoms with Crippen molar-refractivity contribution in [3.63, 3.8) is 0 Å². The number of amides is 3. The number of aryl methyl sites for hydroxylation is 1. The van der Waals surface area contributed by atoms with E-state index < -0.39 is 23.6 Å². The van der Waals surface area contributed by atoms with Crippen LogP contribution in [0, 0.1) is 11.6 Å². The fourth-order valence-corrected chi connectivity index (χ4v) is 3.45. The Morgan fingerprint density at radius 2 is 2.00 bits per heavy atom. The highest BCUT2D eigenvalue weighted by Crippen LogP contribution is 2.31. The third-order valence-electron chi connectivity index (χ3n) is 4.33. The highest BCUT2D eigenvalue weighted by Gasteiger charge is 2.22. The minimum absolute atomic E-state index is 0.0378. The maximum absolute atomic E-state index is 14.1. The van der Waals surface area contributed by atoms with Crippen molar-refractivity contribution in [2.45, 2.75) is 26.4 Å². The van der Waals surface area contributed by atoms with Crippen LogP contribution in [0.3, 0.4) is 0 Å². The molecule has 9 nitrogen and oxygen atoms in total. The van der Waals surface area contributed by atoms with Crippen LogP contribution in [0.25, 0.3) is 0 Å². The van der Waals surface area contributed by atoms with Crippen LogP contribution in [0.15, 0.2) is 24.7 Å². The number of H-pyrrole nitrogens is 1. The number of nitrogens with two attached hydrogens (primary N) is 1. The molecule has 31 heavy (non-hydrogen) atoms. The number of halogens is 2. The number of primary amides is 1. The highest BCUT2D eigenvalue weighted by molar-refractivity contribution is 7.11. The Morgan fingerprint density at radius 1 is 1.26 bits per heavy atom. The van der Waals surface area contributed by atoms with E-state index in [4.69, 9.17) is 10.5 Å². The van der Waals surface area contributed by atoms with Crippen molar-refractivity contribution in [1.82, 2.24) is 19.7 Å². The number of hydrogen-bond donors (Lipinski definition) is 4. The Kier molecular flexibility index (Phi) is 7.13. The largest absolute Gasteiger partial charge is 0.471 e. The number of carbonyl (C=O) groups is 2. The van der Waals surface area contributed by atoms with Gasteiger partial charge in [-0.25, -0.2) is 18.6 Å². The maximum Gasteiger partial charge on any atom is 0.319 e. The monoisotopic (exact) mass is 450 g/mol. The van der Waals surface area contributed by atoms with Gasteiger partial charge in [-0.3, -0.25) is 10.1 Å². The van der Waals surface area contributed by atoms with E-state index in [1.807, 2.05) is 0 Å². The second kappa shape index (κ2) is 9.98. The van der Waals surface area contributed by atoms with Gasteiger partial charge in [0.1, 0.15) is 28.8 Å². The molecule has 1 aromatic carbocycles. The lowest BCUT2D eigenvalue weighted by Crippen LogP contribution is -2.31. The number of carbonyl (C=O) groups excluding carboxylic acids is 2. The molecule has 164 valence electrons. The molecular formula is C19H20F2N6O3S. The topological polar surface area (TPSA) is 135 Å².